The Bertz CT molecular complexity index is 805. The lowest BCUT2D eigenvalue weighted by Crippen LogP contribution is -2.35. The van der Waals surface area contributed by atoms with E-state index in [-0.39, 0.29) is 5.91 Å². The van der Waals surface area contributed by atoms with Crippen molar-refractivity contribution in [3.05, 3.63) is 35.8 Å². The number of pyridine rings is 1. The molecule has 4 rings (SSSR count). The van der Waals surface area contributed by atoms with Gasteiger partial charge < -0.3 is 10.2 Å². The number of anilines is 1. The van der Waals surface area contributed by atoms with Gasteiger partial charge in [0.25, 0.3) is 0 Å². The highest BCUT2D eigenvalue weighted by Crippen LogP contribution is 2.27. The quantitative estimate of drug-likeness (QED) is 0.725. The maximum atomic E-state index is 11.8. The van der Waals surface area contributed by atoms with Crippen molar-refractivity contribution in [3.63, 3.8) is 0 Å². The Morgan fingerprint density at radius 2 is 2.19 bits per heavy atom. The van der Waals surface area contributed by atoms with Crippen molar-refractivity contribution in [2.45, 2.75) is 26.3 Å². The van der Waals surface area contributed by atoms with Crippen LogP contribution in [0.2, 0.25) is 0 Å². The molecule has 3 N–H and O–H groups in total. The molecule has 0 aromatic carbocycles. The molecule has 0 bridgehead atoms. The van der Waals surface area contributed by atoms with Crippen LogP contribution in [-0.4, -0.2) is 51.9 Å². The number of carbonyl (C=O) groups excluding carboxylic acids is 1. The molecular weight excluding hydrogens is 342 g/mol. The van der Waals surface area contributed by atoms with Crippen molar-refractivity contribution in [3.8, 4) is 11.4 Å². The van der Waals surface area contributed by atoms with Gasteiger partial charge in [-0.1, -0.05) is 0 Å². The first kappa shape index (κ1) is 17.8. The van der Waals surface area contributed by atoms with Crippen LogP contribution in [0.3, 0.4) is 0 Å². The summed E-state index contributed by atoms with van der Waals surface area (Å²) < 4.78 is 0. The third-order valence-corrected chi connectivity index (χ3v) is 5.18. The van der Waals surface area contributed by atoms with Gasteiger partial charge in [0.1, 0.15) is 5.82 Å². The predicted octanol–water partition coefficient (Wildman–Crippen LogP) is 0.969. The summed E-state index contributed by atoms with van der Waals surface area (Å²) in [6.45, 7) is 5.71. The second-order valence-corrected chi connectivity index (χ2v) is 7.10. The molecule has 0 atom stereocenters. The van der Waals surface area contributed by atoms with E-state index in [1.807, 2.05) is 17.0 Å². The highest BCUT2D eigenvalue weighted by molar-refractivity contribution is 5.74. The first-order chi connectivity index (χ1) is 13.2. The van der Waals surface area contributed by atoms with Crippen LogP contribution in [0, 0.1) is 5.92 Å². The van der Waals surface area contributed by atoms with E-state index in [1.54, 1.807) is 19.3 Å². The van der Waals surface area contributed by atoms with Crippen LogP contribution in [0.15, 0.2) is 24.5 Å². The number of fused-ring (bicyclic) bond motifs is 1. The Balaban J connectivity index is 1.60. The molecule has 8 nitrogen and oxygen atoms in total. The fourth-order valence-corrected chi connectivity index (χ4v) is 3.57. The summed E-state index contributed by atoms with van der Waals surface area (Å²) in [6.07, 6.45) is 5.35. The van der Waals surface area contributed by atoms with Crippen LogP contribution in [0.1, 0.15) is 24.6 Å². The molecule has 2 aromatic rings. The molecule has 0 radical (unpaired) electrons. The highest BCUT2D eigenvalue weighted by atomic mass is 16.2. The minimum atomic E-state index is 0.0814. The molecule has 27 heavy (non-hydrogen) atoms. The predicted molar refractivity (Wildman–Crippen MR) is 103 cm³/mol. The minimum Gasteiger partial charge on any atom is -0.370 e. The normalized spacial score (nSPS) is 17.0. The molecule has 142 valence electrons. The first-order valence-electron chi connectivity index (χ1n) is 9.46. The SMILES string of the molecule is CC(=O)N1CCc2c(nc(-c3cccnc3)nc2NCCC2CNNC2)C1. The average Bonchev–Trinajstić information content (AvgIpc) is 3.21. The van der Waals surface area contributed by atoms with E-state index in [4.69, 9.17) is 9.97 Å². The van der Waals surface area contributed by atoms with Gasteiger partial charge in [-0.05, 0) is 30.9 Å². The van der Waals surface area contributed by atoms with Crippen LogP contribution >= 0.6 is 0 Å². The molecule has 0 unspecified atom stereocenters. The number of aromatic nitrogens is 3. The van der Waals surface area contributed by atoms with Crippen LogP contribution in [0.4, 0.5) is 5.82 Å². The van der Waals surface area contributed by atoms with Crippen molar-refractivity contribution < 1.29 is 4.79 Å². The van der Waals surface area contributed by atoms with Crippen molar-refractivity contribution in [2.24, 2.45) is 5.92 Å². The van der Waals surface area contributed by atoms with Gasteiger partial charge in [0.05, 0.1) is 12.2 Å². The molecule has 2 aliphatic heterocycles. The lowest BCUT2D eigenvalue weighted by molar-refractivity contribution is -0.129. The van der Waals surface area contributed by atoms with Gasteiger partial charge in [-0.3, -0.25) is 20.6 Å². The Hall–Kier alpha value is -2.58. The standard InChI is InChI=1S/C19H25N7O/c1-13(27)26-8-5-16-17(12-26)24-18(15-3-2-6-20-11-15)25-19(16)21-7-4-14-9-22-23-10-14/h2-3,6,11,14,22-23H,4-5,7-10,12H2,1H3,(H,21,24,25). The summed E-state index contributed by atoms with van der Waals surface area (Å²) >= 11 is 0. The Morgan fingerprint density at radius 1 is 1.33 bits per heavy atom. The van der Waals surface area contributed by atoms with E-state index in [0.717, 1.165) is 55.1 Å². The summed E-state index contributed by atoms with van der Waals surface area (Å²) in [6, 6.07) is 3.84. The van der Waals surface area contributed by atoms with Crippen molar-refractivity contribution in [1.82, 2.24) is 30.7 Å². The summed E-state index contributed by atoms with van der Waals surface area (Å²) in [5.74, 6) is 2.25. The lowest BCUT2D eigenvalue weighted by atomic mass is 10.0. The molecule has 1 amide bonds. The third kappa shape index (κ3) is 4.06. The van der Waals surface area contributed by atoms with Gasteiger partial charge in [0, 0.05) is 56.6 Å². The molecule has 0 spiro atoms. The number of nitrogens with zero attached hydrogens (tertiary/aromatic N) is 4. The number of hydrazine groups is 1. The molecule has 1 saturated heterocycles. The molecule has 8 heteroatoms. The van der Waals surface area contributed by atoms with Crippen LogP contribution in [0.5, 0.6) is 0 Å². The number of rotatable bonds is 5. The van der Waals surface area contributed by atoms with Crippen molar-refractivity contribution in [2.75, 3.05) is 31.5 Å². The lowest BCUT2D eigenvalue weighted by Gasteiger charge is -2.28. The topological polar surface area (TPSA) is 95.1 Å². The Labute approximate surface area is 158 Å². The van der Waals surface area contributed by atoms with Gasteiger partial charge >= 0.3 is 0 Å². The molecule has 1 fully saturated rings. The van der Waals surface area contributed by atoms with E-state index in [1.165, 1.54) is 0 Å². The zero-order valence-corrected chi connectivity index (χ0v) is 15.5. The summed E-state index contributed by atoms with van der Waals surface area (Å²) in [4.78, 5) is 27.4. The Kier molecular flexibility index (Phi) is 5.26. The molecule has 2 aromatic heterocycles. The van der Waals surface area contributed by atoms with Crippen molar-refractivity contribution in [1.29, 1.82) is 0 Å². The minimum absolute atomic E-state index is 0.0814. The largest absolute Gasteiger partial charge is 0.370 e. The highest BCUT2D eigenvalue weighted by Gasteiger charge is 2.24. The summed E-state index contributed by atoms with van der Waals surface area (Å²) in [7, 11) is 0. The fourth-order valence-electron chi connectivity index (χ4n) is 3.57. The van der Waals surface area contributed by atoms with Crippen LogP contribution in [0.25, 0.3) is 11.4 Å². The van der Waals surface area contributed by atoms with Gasteiger partial charge in [0.2, 0.25) is 5.91 Å². The third-order valence-electron chi connectivity index (χ3n) is 5.18. The molecule has 4 heterocycles. The second-order valence-electron chi connectivity index (χ2n) is 7.10. The van der Waals surface area contributed by atoms with Crippen LogP contribution < -0.4 is 16.2 Å². The number of hydrogen-bond donors (Lipinski definition) is 3. The van der Waals surface area contributed by atoms with Gasteiger partial charge in [0.15, 0.2) is 5.82 Å². The van der Waals surface area contributed by atoms with Gasteiger partial charge in [-0.25, -0.2) is 9.97 Å². The smallest absolute Gasteiger partial charge is 0.219 e. The van der Waals surface area contributed by atoms with E-state index < -0.39 is 0 Å². The zero-order chi connectivity index (χ0) is 18.6. The monoisotopic (exact) mass is 367 g/mol. The first-order valence-corrected chi connectivity index (χ1v) is 9.46. The fraction of sp³-hybridized carbons (Fsp3) is 0.474. The van der Waals surface area contributed by atoms with Crippen LogP contribution in [-0.2, 0) is 17.8 Å². The average molecular weight is 367 g/mol. The molecule has 0 saturated carbocycles. The van der Waals surface area contributed by atoms with E-state index >= 15 is 0 Å². The van der Waals surface area contributed by atoms with Gasteiger partial charge in [-0.15, -0.1) is 0 Å². The summed E-state index contributed by atoms with van der Waals surface area (Å²) in [5, 5.41) is 3.52. The summed E-state index contributed by atoms with van der Waals surface area (Å²) in [5.41, 5.74) is 9.28. The number of carbonyl (C=O) groups is 1. The van der Waals surface area contributed by atoms with Crippen molar-refractivity contribution >= 4 is 11.7 Å². The number of hydrogen-bond acceptors (Lipinski definition) is 7. The zero-order valence-electron chi connectivity index (χ0n) is 15.5. The molecule has 0 aliphatic carbocycles. The van der Waals surface area contributed by atoms with E-state index in [0.29, 0.717) is 24.8 Å². The second kappa shape index (κ2) is 7.98. The van der Waals surface area contributed by atoms with Gasteiger partial charge in [-0.2, -0.15) is 0 Å². The van der Waals surface area contributed by atoms with E-state index in [2.05, 4.69) is 21.2 Å². The molecule has 2 aliphatic rings. The number of nitrogens with one attached hydrogen (secondary N) is 3. The van der Waals surface area contributed by atoms with E-state index in [9.17, 15) is 4.79 Å². The number of amides is 1. The maximum Gasteiger partial charge on any atom is 0.219 e. The molecular formula is C19H25N7O. The Morgan fingerprint density at radius 3 is 2.93 bits per heavy atom. The maximum absolute atomic E-state index is 11.8.